The fraction of sp³-hybridized carbons (Fsp3) is 0.588. The molecule has 1 N–H and O–H groups in total. The normalized spacial score (nSPS) is 32.0. The summed E-state index contributed by atoms with van der Waals surface area (Å²) in [5.41, 5.74) is 1.58. The molecule has 3 nitrogen and oxygen atoms in total. The fourth-order valence-electron chi connectivity index (χ4n) is 4.35. The van der Waals surface area contributed by atoms with Crippen molar-refractivity contribution < 1.29 is 4.39 Å². The van der Waals surface area contributed by atoms with Gasteiger partial charge in [-0.1, -0.05) is 6.07 Å². The van der Waals surface area contributed by atoms with Gasteiger partial charge in [-0.05, 0) is 50.7 Å². The number of benzene rings is 1. The summed E-state index contributed by atoms with van der Waals surface area (Å²) in [5.74, 6) is 1.52. The lowest BCUT2D eigenvalue weighted by Gasteiger charge is -2.31. The number of rotatable bonds is 2. The lowest BCUT2D eigenvalue weighted by Crippen LogP contribution is -2.39. The molecule has 0 radical (unpaired) electrons. The zero-order chi connectivity index (χ0) is 14.0. The summed E-state index contributed by atoms with van der Waals surface area (Å²) in [6.45, 7) is 0. The molecule has 0 spiro atoms. The van der Waals surface area contributed by atoms with Crippen LogP contribution in [-0.2, 0) is 0 Å². The fourth-order valence-corrected chi connectivity index (χ4v) is 4.35. The SMILES string of the molecule is Fc1cccc2c1nc(C1CC1)n2C1CC2CCC(C1)N2. The maximum Gasteiger partial charge on any atom is 0.151 e. The van der Waals surface area contributed by atoms with Crippen molar-refractivity contribution in [2.75, 3.05) is 0 Å². The van der Waals surface area contributed by atoms with Gasteiger partial charge in [-0.2, -0.15) is 0 Å². The monoisotopic (exact) mass is 285 g/mol. The molecule has 2 atom stereocenters. The maximum atomic E-state index is 14.1. The molecular formula is C17H20FN3. The minimum absolute atomic E-state index is 0.176. The van der Waals surface area contributed by atoms with E-state index in [0.29, 0.717) is 29.6 Å². The van der Waals surface area contributed by atoms with E-state index in [-0.39, 0.29) is 5.82 Å². The molecular weight excluding hydrogens is 265 g/mol. The maximum absolute atomic E-state index is 14.1. The van der Waals surface area contributed by atoms with Crippen LogP contribution in [0.25, 0.3) is 11.0 Å². The lowest BCUT2D eigenvalue weighted by molar-refractivity contribution is 0.298. The van der Waals surface area contributed by atoms with Crippen molar-refractivity contribution in [3.8, 4) is 0 Å². The second-order valence-corrected chi connectivity index (χ2v) is 6.98. The first kappa shape index (κ1) is 12.2. The van der Waals surface area contributed by atoms with Gasteiger partial charge in [-0.15, -0.1) is 0 Å². The summed E-state index contributed by atoms with van der Waals surface area (Å²) in [6.07, 6.45) is 7.34. The van der Waals surface area contributed by atoms with Crippen LogP contribution in [-0.4, -0.2) is 21.6 Å². The Hall–Kier alpha value is -1.42. The number of para-hydroxylation sites is 1. The Labute approximate surface area is 123 Å². The van der Waals surface area contributed by atoms with Gasteiger partial charge in [-0.25, -0.2) is 9.37 Å². The Morgan fingerprint density at radius 1 is 1.10 bits per heavy atom. The molecule has 1 saturated carbocycles. The summed E-state index contributed by atoms with van der Waals surface area (Å²) in [6, 6.07) is 7.18. The van der Waals surface area contributed by atoms with Gasteiger partial charge < -0.3 is 9.88 Å². The third-order valence-electron chi connectivity index (χ3n) is 5.45. The topological polar surface area (TPSA) is 29.9 Å². The average molecular weight is 285 g/mol. The number of fused-ring (bicyclic) bond motifs is 3. The molecule has 3 aliphatic rings. The van der Waals surface area contributed by atoms with E-state index in [1.807, 2.05) is 12.1 Å². The highest BCUT2D eigenvalue weighted by molar-refractivity contribution is 5.77. The van der Waals surface area contributed by atoms with Crippen molar-refractivity contribution in [1.29, 1.82) is 0 Å². The first-order chi connectivity index (χ1) is 10.3. The molecule has 21 heavy (non-hydrogen) atoms. The standard InChI is InChI=1S/C17H20FN3/c18-14-2-1-3-15-16(14)20-17(10-4-5-10)21(15)13-8-11-6-7-12(9-13)19-11/h1-3,10-13,19H,4-9H2. The van der Waals surface area contributed by atoms with E-state index >= 15 is 0 Å². The first-order valence-corrected chi connectivity index (χ1v) is 8.22. The molecule has 2 aliphatic heterocycles. The first-order valence-electron chi connectivity index (χ1n) is 8.22. The molecule has 1 aromatic carbocycles. The number of hydrogen-bond acceptors (Lipinski definition) is 2. The number of nitrogens with zero attached hydrogens (tertiary/aromatic N) is 2. The Morgan fingerprint density at radius 2 is 1.86 bits per heavy atom. The molecule has 1 aliphatic carbocycles. The molecule has 110 valence electrons. The summed E-state index contributed by atoms with van der Waals surface area (Å²) in [7, 11) is 0. The van der Waals surface area contributed by atoms with Gasteiger partial charge in [-0.3, -0.25) is 0 Å². The predicted molar refractivity (Wildman–Crippen MR) is 79.9 cm³/mol. The van der Waals surface area contributed by atoms with E-state index < -0.39 is 0 Å². The Kier molecular flexibility index (Phi) is 2.48. The number of imidazole rings is 1. The molecule has 2 aromatic rings. The van der Waals surface area contributed by atoms with Gasteiger partial charge in [0.1, 0.15) is 11.3 Å². The van der Waals surface area contributed by atoms with Crippen LogP contribution in [0.2, 0.25) is 0 Å². The van der Waals surface area contributed by atoms with E-state index in [1.54, 1.807) is 0 Å². The molecule has 2 unspecified atom stereocenters. The molecule has 2 saturated heterocycles. The van der Waals surface area contributed by atoms with Crippen molar-refractivity contribution >= 4 is 11.0 Å². The predicted octanol–water partition coefficient (Wildman–Crippen LogP) is 3.51. The second-order valence-electron chi connectivity index (χ2n) is 6.98. The quantitative estimate of drug-likeness (QED) is 0.915. The molecule has 3 fully saturated rings. The minimum atomic E-state index is -0.176. The molecule has 1 aromatic heterocycles. The highest BCUT2D eigenvalue weighted by atomic mass is 19.1. The van der Waals surface area contributed by atoms with Gasteiger partial charge in [0.25, 0.3) is 0 Å². The zero-order valence-electron chi connectivity index (χ0n) is 12.1. The van der Waals surface area contributed by atoms with Gasteiger partial charge >= 0.3 is 0 Å². The molecule has 3 heterocycles. The number of halogens is 1. The van der Waals surface area contributed by atoms with Crippen LogP contribution >= 0.6 is 0 Å². The summed E-state index contributed by atoms with van der Waals surface area (Å²) in [4.78, 5) is 4.69. The van der Waals surface area contributed by atoms with E-state index in [0.717, 1.165) is 24.2 Å². The summed E-state index contributed by atoms with van der Waals surface area (Å²) < 4.78 is 16.5. The summed E-state index contributed by atoms with van der Waals surface area (Å²) in [5, 5.41) is 3.70. The van der Waals surface area contributed by atoms with Gasteiger partial charge in [0.05, 0.1) is 5.52 Å². The van der Waals surface area contributed by atoms with Crippen molar-refractivity contribution in [3.63, 3.8) is 0 Å². The van der Waals surface area contributed by atoms with E-state index in [9.17, 15) is 4.39 Å². The van der Waals surface area contributed by atoms with Crippen LogP contribution in [0.15, 0.2) is 18.2 Å². The second kappa shape index (κ2) is 4.29. The zero-order valence-corrected chi connectivity index (χ0v) is 12.1. The van der Waals surface area contributed by atoms with Gasteiger partial charge in [0, 0.05) is 24.0 Å². The average Bonchev–Trinajstić information content (AvgIpc) is 3.17. The van der Waals surface area contributed by atoms with Crippen molar-refractivity contribution in [2.45, 2.75) is 62.6 Å². The number of piperidine rings is 1. The Morgan fingerprint density at radius 3 is 2.57 bits per heavy atom. The molecule has 5 rings (SSSR count). The largest absolute Gasteiger partial charge is 0.324 e. The van der Waals surface area contributed by atoms with Gasteiger partial charge in [0.15, 0.2) is 5.82 Å². The van der Waals surface area contributed by atoms with Gasteiger partial charge in [0.2, 0.25) is 0 Å². The molecule has 4 heteroatoms. The third kappa shape index (κ3) is 1.85. The number of nitrogens with one attached hydrogen (secondary N) is 1. The number of aromatic nitrogens is 2. The van der Waals surface area contributed by atoms with Crippen molar-refractivity contribution in [3.05, 3.63) is 29.8 Å². The summed E-state index contributed by atoms with van der Waals surface area (Å²) >= 11 is 0. The van der Waals surface area contributed by atoms with Crippen LogP contribution in [0.1, 0.15) is 56.3 Å². The van der Waals surface area contributed by atoms with Crippen molar-refractivity contribution in [2.24, 2.45) is 0 Å². The number of hydrogen-bond donors (Lipinski definition) is 1. The van der Waals surface area contributed by atoms with Crippen LogP contribution in [0.3, 0.4) is 0 Å². The van der Waals surface area contributed by atoms with Crippen LogP contribution in [0.5, 0.6) is 0 Å². The highest BCUT2D eigenvalue weighted by Crippen LogP contribution is 2.44. The molecule has 0 amide bonds. The van der Waals surface area contributed by atoms with E-state index in [4.69, 9.17) is 0 Å². The van der Waals surface area contributed by atoms with Crippen LogP contribution in [0.4, 0.5) is 4.39 Å². The Bertz CT molecular complexity index is 691. The third-order valence-corrected chi connectivity index (χ3v) is 5.45. The minimum Gasteiger partial charge on any atom is -0.324 e. The molecule has 2 bridgehead atoms. The smallest absolute Gasteiger partial charge is 0.151 e. The van der Waals surface area contributed by atoms with Crippen LogP contribution in [0, 0.1) is 5.82 Å². The lowest BCUT2D eigenvalue weighted by atomic mass is 9.99. The van der Waals surface area contributed by atoms with E-state index in [1.165, 1.54) is 31.7 Å². The van der Waals surface area contributed by atoms with Crippen LogP contribution < -0.4 is 5.32 Å². The highest BCUT2D eigenvalue weighted by Gasteiger charge is 2.38. The van der Waals surface area contributed by atoms with E-state index in [2.05, 4.69) is 14.9 Å². The Balaban J connectivity index is 1.67. The van der Waals surface area contributed by atoms with Crippen molar-refractivity contribution in [1.82, 2.24) is 14.9 Å².